The molecule has 0 unspecified atom stereocenters. The van der Waals surface area contributed by atoms with Gasteiger partial charge < -0.3 is 15.1 Å². The molecule has 0 bridgehead atoms. The summed E-state index contributed by atoms with van der Waals surface area (Å²) in [5, 5.41) is 3.02. The topological polar surface area (TPSA) is 57.2 Å². The van der Waals surface area contributed by atoms with E-state index < -0.39 is 0 Å². The number of hydrogen-bond donors (Lipinski definition) is 1. The van der Waals surface area contributed by atoms with Crippen LogP contribution >= 0.6 is 0 Å². The summed E-state index contributed by atoms with van der Waals surface area (Å²) in [5.74, 6) is 2.13. The molecule has 0 atom stereocenters. The Hall–Kier alpha value is -1.59. The van der Waals surface area contributed by atoms with Gasteiger partial charge in [0, 0.05) is 33.2 Å². The van der Waals surface area contributed by atoms with Crippen LogP contribution in [-0.2, 0) is 0 Å². The number of aromatic nitrogens is 3. The summed E-state index contributed by atoms with van der Waals surface area (Å²) in [7, 11) is 1.83. The summed E-state index contributed by atoms with van der Waals surface area (Å²) in [4.78, 5) is 17.8. The molecule has 0 aliphatic rings. The first-order valence-electron chi connectivity index (χ1n) is 7.13. The van der Waals surface area contributed by atoms with E-state index in [1.54, 1.807) is 0 Å². The number of hydrogen-bond acceptors (Lipinski definition) is 6. The van der Waals surface area contributed by atoms with Crippen LogP contribution in [0.25, 0.3) is 0 Å². The van der Waals surface area contributed by atoms with Crippen molar-refractivity contribution in [1.29, 1.82) is 0 Å². The Bertz CT molecular complexity index is 377. The fraction of sp³-hybridized carbons (Fsp3) is 0.769. The van der Waals surface area contributed by atoms with E-state index in [1.807, 2.05) is 7.05 Å². The van der Waals surface area contributed by atoms with Gasteiger partial charge in [-0.05, 0) is 27.2 Å². The maximum absolute atomic E-state index is 4.60. The Balaban J connectivity index is 3.13. The van der Waals surface area contributed by atoms with E-state index in [2.05, 4.69) is 57.8 Å². The lowest BCUT2D eigenvalue weighted by Gasteiger charge is -2.24. The van der Waals surface area contributed by atoms with Gasteiger partial charge in [0.2, 0.25) is 17.8 Å². The van der Waals surface area contributed by atoms with Gasteiger partial charge in [0.15, 0.2) is 0 Å². The van der Waals surface area contributed by atoms with Crippen molar-refractivity contribution in [1.82, 2.24) is 15.0 Å². The first kappa shape index (κ1) is 15.5. The van der Waals surface area contributed by atoms with Gasteiger partial charge in [0.25, 0.3) is 0 Å². The molecule has 0 saturated carbocycles. The highest BCUT2D eigenvalue weighted by Crippen LogP contribution is 2.16. The maximum Gasteiger partial charge on any atom is 0.231 e. The Morgan fingerprint density at radius 3 is 1.79 bits per heavy atom. The average molecular weight is 266 g/mol. The van der Waals surface area contributed by atoms with E-state index >= 15 is 0 Å². The van der Waals surface area contributed by atoms with Crippen molar-refractivity contribution < 1.29 is 0 Å². The molecule has 0 radical (unpaired) electrons. The van der Waals surface area contributed by atoms with Crippen LogP contribution in [0.15, 0.2) is 0 Å². The lowest BCUT2D eigenvalue weighted by atomic mass is 10.4. The second-order valence-electron chi connectivity index (χ2n) is 4.26. The van der Waals surface area contributed by atoms with Gasteiger partial charge in [-0.1, -0.05) is 6.92 Å². The molecule has 0 aliphatic carbocycles. The van der Waals surface area contributed by atoms with Gasteiger partial charge in [0.05, 0.1) is 0 Å². The van der Waals surface area contributed by atoms with Gasteiger partial charge in [-0.3, -0.25) is 0 Å². The van der Waals surface area contributed by atoms with Crippen LogP contribution in [-0.4, -0.2) is 48.2 Å². The quantitative estimate of drug-likeness (QED) is 0.776. The smallest absolute Gasteiger partial charge is 0.231 e. The third-order valence-electron chi connectivity index (χ3n) is 3.04. The molecular weight excluding hydrogens is 240 g/mol. The third-order valence-corrected chi connectivity index (χ3v) is 3.04. The van der Waals surface area contributed by atoms with E-state index in [0.29, 0.717) is 5.95 Å². The summed E-state index contributed by atoms with van der Waals surface area (Å²) in [6.45, 7) is 12.1. The lowest BCUT2D eigenvalue weighted by molar-refractivity contribution is 0.745. The highest BCUT2D eigenvalue weighted by atomic mass is 15.4. The zero-order valence-electron chi connectivity index (χ0n) is 12.8. The van der Waals surface area contributed by atoms with Gasteiger partial charge in [0.1, 0.15) is 0 Å². The number of nitrogens with one attached hydrogen (secondary N) is 1. The fourth-order valence-electron chi connectivity index (χ4n) is 1.92. The summed E-state index contributed by atoms with van der Waals surface area (Å²) in [6, 6.07) is 0. The molecule has 1 heterocycles. The van der Waals surface area contributed by atoms with Crippen LogP contribution in [0.5, 0.6) is 0 Å². The minimum Gasteiger partial charge on any atom is -0.357 e. The largest absolute Gasteiger partial charge is 0.357 e. The molecule has 6 nitrogen and oxygen atoms in total. The van der Waals surface area contributed by atoms with Crippen LogP contribution in [0.3, 0.4) is 0 Å². The first-order valence-corrected chi connectivity index (χ1v) is 7.13. The highest BCUT2D eigenvalue weighted by Gasteiger charge is 2.14. The van der Waals surface area contributed by atoms with E-state index in [9.17, 15) is 0 Å². The van der Waals surface area contributed by atoms with Gasteiger partial charge >= 0.3 is 0 Å². The molecule has 1 rings (SSSR count). The second kappa shape index (κ2) is 7.76. The summed E-state index contributed by atoms with van der Waals surface area (Å²) >= 11 is 0. The zero-order chi connectivity index (χ0) is 14.3. The highest BCUT2D eigenvalue weighted by molar-refractivity contribution is 5.44. The molecule has 6 heteroatoms. The molecule has 0 fully saturated rings. The SMILES string of the molecule is CCCN(CC)c1nc(NC)nc(N(CC)CC)n1. The molecule has 0 aliphatic heterocycles. The monoisotopic (exact) mass is 266 g/mol. The van der Waals surface area contributed by atoms with Gasteiger partial charge in [-0.2, -0.15) is 15.0 Å². The molecule has 0 amide bonds. The molecular formula is C13H26N6. The van der Waals surface area contributed by atoms with E-state index in [0.717, 1.165) is 44.5 Å². The van der Waals surface area contributed by atoms with Crippen molar-refractivity contribution >= 4 is 17.8 Å². The molecule has 1 N–H and O–H groups in total. The van der Waals surface area contributed by atoms with Crippen molar-refractivity contribution in [3.8, 4) is 0 Å². The van der Waals surface area contributed by atoms with Crippen LogP contribution in [0, 0.1) is 0 Å². The Morgan fingerprint density at radius 2 is 1.37 bits per heavy atom. The molecule has 1 aromatic rings. The number of anilines is 3. The van der Waals surface area contributed by atoms with E-state index in [-0.39, 0.29) is 0 Å². The van der Waals surface area contributed by atoms with Crippen molar-refractivity contribution in [2.75, 3.05) is 48.3 Å². The molecule has 0 saturated heterocycles. The van der Waals surface area contributed by atoms with Gasteiger partial charge in [-0.25, -0.2) is 0 Å². The molecule has 19 heavy (non-hydrogen) atoms. The Kier molecular flexibility index (Phi) is 6.32. The third kappa shape index (κ3) is 3.94. The van der Waals surface area contributed by atoms with E-state index in [1.165, 1.54) is 0 Å². The van der Waals surface area contributed by atoms with E-state index in [4.69, 9.17) is 0 Å². The summed E-state index contributed by atoms with van der Waals surface area (Å²) < 4.78 is 0. The number of rotatable bonds is 8. The predicted octanol–water partition coefficient (Wildman–Crippen LogP) is 2.00. The summed E-state index contributed by atoms with van der Waals surface area (Å²) in [5.41, 5.74) is 0. The average Bonchev–Trinajstić information content (AvgIpc) is 2.45. The van der Waals surface area contributed by atoms with Crippen molar-refractivity contribution in [2.45, 2.75) is 34.1 Å². The standard InChI is InChI=1S/C13H26N6/c1-6-10-19(9-4)13-16-11(14-5)15-12(17-13)18(7-2)8-3/h6-10H2,1-5H3,(H,14,15,16,17). The molecule has 0 aromatic carbocycles. The fourth-order valence-corrected chi connectivity index (χ4v) is 1.92. The molecule has 0 spiro atoms. The maximum atomic E-state index is 4.60. The van der Waals surface area contributed by atoms with Crippen LogP contribution < -0.4 is 15.1 Å². The summed E-state index contributed by atoms with van der Waals surface area (Å²) in [6.07, 6.45) is 1.08. The zero-order valence-corrected chi connectivity index (χ0v) is 12.8. The van der Waals surface area contributed by atoms with Crippen LogP contribution in [0.4, 0.5) is 17.8 Å². The Morgan fingerprint density at radius 1 is 0.842 bits per heavy atom. The van der Waals surface area contributed by atoms with Crippen molar-refractivity contribution in [3.63, 3.8) is 0 Å². The Labute approximate surface area is 116 Å². The predicted molar refractivity (Wildman–Crippen MR) is 81.1 cm³/mol. The molecule has 108 valence electrons. The van der Waals surface area contributed by atoms with Crippen LogP contribution in [0.2, 0.25) is 0 Å². The van der Waals surface area contributed by atoms with Gasteiger partial charge in [-0.15, -0.1) is 0 Å². The number of nitrogens with zero attached hydrogens (tertiary/aromatic N) is 5. The van der Waals surface area contributed by atoms with Crippen molar-refractivity contribution in [2.24, 2.45) is 0 Å². The van der Waals surface area contributed by atoms with Crippen molar-refractivity contribution in [3.05, 3.63) is 0 Å². The van der Waals surface area contributed by atoms with Crippen LogP contribution in [0.1, 0.15) is 34.1 Å². The normalized spacial score (nSPS) is 10.4. The first-order chi connectivity index (χ1) is 9.19. The molecule has 1 aromatic heterocycles. The minimum atomic E-state index is 0.626. The lowest BCUT2D eigenvalue weighted by Crippen LogP contribution is -2.29. The second-order valence-corrected chi connectivity index (χ2v) is 4.26. The minimum absolute atomic E-state index is 0.626.